The standard InChI is InChI=1S/C15H20N4O3/c1-16-14(20)19-13-5-3-2-4-12(13)18(15(19)21)7-6-17-8-10-22-11-9-17/h2-5H,6-11H2,1H3,(H,16,20). The van der Waals surface area contributed by atoms with Crippen LogP contribution in [0.4, 0.5) is 4.79 Å². The van der Waals surface area contributed by atoms with E-state index in [1.807, 2.05) is 18.2 Å². The second kappa shape index (κ2) is 6.33. The molecule has 2 aromatic rings. The number of nitrogens with zero attached hydrogens (tertiary/aromatic N) is 3. The van der Waals surface area contributed by atoms with Gasteiger partial charge in [0.25, 0.3) is 0 Å². The van der Waals surface area contributed by atoms with Gasteiger partial charge in [0.1, 0.15) is 0 Å². The van der Waals surface area contributed by atoms with Crippen molar-refractivity contribution in [2.75, 3.05) is 39.9 Å². The number of fused-ring (bicyclic) bond motifs is 1. The van der Waals surface area contributed by atoms with Crippen molar-refractivity contribution in [2.45, 2.75) is 6.54 Å². The number of imidazole rings is 1. The minimum atomic E-state index is -0.411. The van der Waals surface area contributed by atoms with Crippen molar-refractivity contribution in [1.29, 1.82) is 0 Å². The molecule has 0 radical (unpaired) electrons. The maximum absolute atomic E-state index is 12.6. The Bertz CT molecular complexity index is 728. The molecule has 1 aromatic heterocycles. The number of carbonyl (C=O) groups is 1. The first-order valence-electron chi connectivity index (χ1n) is 7.45. The van der Waals surface area contributed by atoms with Crippen molar-refractivity contribution in [2.24, 2.45) is 0 Å². The summed E-state index contributed by atoms with van der Waals surface area (Å²) in [5.74, 6) is 0. The Hall–Kier alpha value is -2.12. The number of carbonyl (C=O) groups excluding carboxylic acids is 1. The molecule has 22 heavy (non-hydrogen) atoms. The van der Waals surface area contributed by atoms with Gasteiger partial charge in [-0.2, -0.15) is 0 Å². The van der Waals surface area contributed by atoms with Crippen molar-refractivity contribution >= 4 is 17.1 Å². The molecule has 0 aliphatic carbocycles. The molecule has 1 N–H and O–H groups in total. The third kappa shape index (κ3) is 2.65. The average molecular weight is 304 g/mol. The summed E-state index contributed by atoms with van der Waals surface area (Å²) in [5, 5.41) is 2.52. The number of nitrogens with one attached hydrogen (secondary N) is 1. The molecular formula is C15H20N4O3. The van der Waals surface area contributed by atoms with Crippen LogP contribution in [0, 0.1) is 0 Å². The van der Waals surface area contributed by atoms with Crippen LogP contribution in [0.1, 0.15) is 0 Å². The number of amides is 1. The molecule has 1 aliphatic rings. The second-order valence-electron chi connectivity index (χ2n) is 5.27. The van der Waals surface area contributed by atoms with Gasteiger partial charge in [0, 0.05) is 33.2 Å². The summed E-state index contributed by atoms with van der Waals surface area (Å²) in [7, 11) is 1.52. The summed E-state index contributed by atoms with van der Waals surface area (Å²) in [6, 6.07) is 6.95. The lowest BCUT2D eigenvalue weighted by molar-refractivity contribution is 0.0364. The van der Waals surface area contributed by atoms with Crippen LogP contribution >= 0.6 is 0 Å². The van der Waals surface area contributed by atoms with Crippen molar-refractivity contribution in [3.63, 3.8) is 0 Å². The molecule has 1 saturated heterocycles. The summed E-state index contributed by atoms with van der Waals surface area (Å²) in [4.78, 5) is 26.8. The third-order valence-electron chi connectivity index (χ3n) is 4.00. The molecule has 0 unspecified atom stereocenters. The number of morpholine rings is 1. The van der Waals surface area contributed by atoms with E-state index < -0.39 is 6.03 Å². The van der Waals surface area contributed by atoms with Gasteiger partial charge in [-0.25, -0.2) is 14.2 Å². The lowest BCUT2D eigenvalue weighted by Crippen LogP contribution is -2.40. The Balaban J connectivity index is 1.93. The van der Waals surface area contributed by atoms with Crippen LogP contribution < -0.4 is 11.0 Å². The molecule has 2 heterocycles. The molecule has 7 heteroatoms. The Morgan fingerprint density at radius 1 is 1.18 bits per heavy atom. The maximum atomic E-state index is 12.6. The SMILES string of the molecule is CNC(=O)n1c(=O)n(CCN2CCOCC2)c2ccccc21. The molecule has 1 amide bonds. The number of benzene rings is 1. The molecule has 118 valence electrons. The normalized spacial score (nSPS) is 16.0. The molecule has 1 fully saturated rings. The lowest BCUT2D eigenvalue weighted by atomic mass is 10.3. The van der Waals surface area contributed by atoms with Gasteiger partial charge < -0.3 is 10.1 Å². The molecule has 0 bridgehead atoms. The highest BCUT2D eigenvalue weighted by atomic mass is 16.5. The van der Waals surface area contributed by atoms with Crippen LogP contribution in [-0.2, 0) is 11.3 Å². The van der Waals surface area contributed by atoms with E-state index in [1.165, 1.54) is 11.6 Å². The minimum absolute atomic E-state index is 0.297. The fourth-order valence-corrected chi connectivity index (χ4v) is 2.80. The van der Waals surface area contributed by atoms with Crippen molar-refractivity contribution in [3.05, 3.63) is 34.7 Å². The van der Waals surface area contributed by atoms with Gasteiger partial charge in [0.2, 0.25) is 0 Å². The first-order valence-corrected chi connectivity index (χ1v) is 7.45. The second-order valence-corrected chi connectivity index (χ2v) is 5.27. The van der Waals surface area contributed by atoms with Crippen molar-refractivity contribution in [1.82, 2.24) is 19.4 Å². The molecule has 1 aromatic carbocycles. The van der Waals surface area contributed by atoms with Gasteiger partial charge in [-0.1, -0.05) is 12.1 Å². The Morgan fingerprint density at radius 3 is 2.55 bits per heavy atom. The third-order valence-corrected chi connectivity index (χ3v) is 4.00. The lowest BCUT2D eigenvalue weighted by Gasteiger charge is -2.26. The highest BCUT2D eigenvalue weighted by Gasteiger charge is 2.18. The zero-order chi connectivity index (χ0) is 15.5. The van der Waals surface area contributed by atoms with Gasteiger partial charge in [0.15, 0.2) is 0 Å². The van der Waals surface area contributed by atoms with E-state index in [0.29, 0.717) is 12.1 Å². The fourth-order valence-electron chi connectivity index (χ4n) is 2.80. The van der Waals surface area contributed by atoms with Gasteiger partial charge >= 0.3 is 11.7 Å². The largest absolute Gasteiger partial charge is 0.379 e. The number of ether oxygens (including phenoxy) is 1. The van der Waals surface area contributed by atoms with Crippen LogP contribution in [0.25, 0.3) is 11.0 Å². The number of hydrogen-bond donors (Lipinski definition) is 1. The Labute approximate surface area is 128 Å². The number of hydrogen-bond acceptors (Lipinski definition) is 4. The zero-order valence-electron chi connectivity index (χ0n) is 12.6. The van der Waals surface area contributed by atoms with Crippen LogP contribution in [0.5, 0.6) is 0 Å². The molecule has 3 rings (SSSR count). The predicted molar refractivity (Wildman–Crippen MR) is 83.3 cm³/mol. The van der Waals surface area contributed by atoms with E-state index in [0.717, 1.165) is 38.4 Å². The van der Waals surface area contributed by atoms with Gasteiger partial charge in [0.05, 0.1) is 24.2 Å². The van der Waals surface area contributed by atoms with Gasteiger partial charge in [-0.15, -0.1) is 0 Å². The summed E-state index contributed by atoms with van der Waals surface area (Å²) in [6.07, 6.45) is 0. The highest BCUT2D eigenvalue weighted by Crippen LogP contribution is 2.12. The molecule has 1 aliphatic heterocycles. The Kier molecular flexibility index (Phi) is 4.26. The molecule has 0 spiro atoms. The minimum Gasteiger partial charge on any atom is -0.379 e. The summed E-state index contributed by atoms with van der Waals surface area (Å²) >= 11 is 0. The topological polar surface area (TPSA) is 68.5 Å². The van der Waals surface area contributed by atoms with E-state index in [9.17, 15) is 9.59 Å². The number of aromatic nitrogens is 2. The number of para-hydroxylation sites is 2. The quantitative estimate of drug-likeness (QED) is 0.887. The van der Waals surface area contributed by atoms with E-state index in [-0.39, 0.29) is 5.69 Å². The van der Waals surface area contributed by atoms with E-state index in [2.05, 4.69) is 10.2 Å². The summed E-state index contributed by atoms with van der Waals surface area (Å²) in [6.45, 7) is 4.55. The van der Waals surface area contributed by atoms with E-state index >= 15 is 0 Å². The first kappa shape index (κ1) is 14.8. The monoisotopic (exact) mass is 304 g/mol. The molecular weight excluding hydrogens is 284 g/mol. The van der Waals surface area contributed by atoms with Crippen LogP contribution in [-0.4, -0.2) is 60.0 Å². The molecule has 7 nitrogen and oxygen atoms in total. The van der Waals surface area contributed by atoms with E-state index in [4.69, 9.17) is 4.74 Å². The fraction of sp³-hybridized carbons (Fsp3) is 0.467. The van der Waals surface area contributed by atoms with Crippen LogP contribution in [0.15, 0.2) is 29.1 Å². The van der Waals surface area contributed by atoms with Crippen LogP contribution in [0.2, 0.25) is 0 Å². The average Bonchev–Trinajstić information content (AvgIpc) is 2.85. The van der Waals surface area contributed by atoms with E-state index in [1.54, 1.807) is 10.6 Å². The highest BCUT2D eigenvalue weighted by molar-refractivity contribution is 5.89. The number of rotatable bonds is 3. The predicted octanol–water partition coefficient (Wildman–Crippen LogP) is 0.323. The summed E-state index contributed by atoms with van der Waals surface area (Å²) < 4.78 is 8.18. The Morgan fingerprint density at radius 2 is 1.86 bits per heavy atom. The molecule has 0 atom stereocenters. The zero-order valence-corrected chi connectivity index (χ0v) is 12.6. The maximum Gasteiger partial charge on any atom is 0.337 e. The van der Waals surface area contributed by atoms with Crippen molar-refractivity contribution in [3.8, 4) is 0 Å². The van der Waals surface area contributed by atoms with Crippen LogP contribution in [0.3, 0.4) is 0 Å². The smallest absolute Gasteiger partial charge is 0.337 e. The van der Waals surface area contributed by atoms with Gasteiger partial charge in [-0.05, 0) is 12.1 Å². The van der Waals surface area contributed by atoms with Crippen molar-refractivity contribution < 1.29 is 9.53 Å². The summed E-state index contributed by atoms with van der Waals surface area (Å²) in [5.41, 5.74) is 1.12. The molecule has 0 saturated carbocycles. The first-order chi connectivity index (χ1) is 10.7. The van der Waals surface area contributed by atoms with Gasteiger partial charge in [-0.3, -0.25) is 9.47 Å².